The molecule has 0 saturated heterocycles. The number of para-hydroxylation sites is 2. The third-order valence-electron chi connectivity index (χ3n) is 7.39. The predicted octanol–water partition coefficient (Wildman–Crippen LogP) is 5.55. The van der Waals surface area contributed by atoms with Crippen molar-refractivity contribution in [3.05, 3.63) is 109 Å². The Kier molecular flexibility index (Phi) is 10.8. The molecule has 0 unspecified atom stereocenters. The lowest BCUT2D eigenvalue weighted by molar-refractivity contribution is 0.0625. The van der Waals surface area contributed by atoms with Crippen molar-refractivity contribution in [3.63, 3.8) is 0 Å². The molecule has 1 aliphatic heterocycles. The Bertz CT molecular complexity index is 1920. The van der Waals surface area contributed by atoms with Gasteiger partial charge in [0.25, 0.3) is 0 Å². The number of thioether (sulfide) groups is 2. The third-order valence-corrected chi connectivity index (χ3v) is 9.40. The fraction of sp³-hybridized carbons (Fsp3) is 0.200. The lowest BCUT2D eigenvalue weighted by Crippen LogP contribution is -2.25. The molecule has 0 aliphatic carbocycles. The standard InChI is InChI=1S/C35H32N10O3S2/c46-29-23-47-30-13-3-1-9-25(30)21-38-44-32(27-11-7-15-36-19-27)40-42-34(44)49-17-5-6-18-50-35-43-41-33(28-12-8-16-37-20-28)45(35)39-22-26-10-2-4-14-31(26)48-24-29/h1-4,7-16,19-22,29,46H,5-6,17-18,23-24H2/b38-21-,39-22-. The average Bonchev–Trinajstić information content (AvgIpc) is 3.77. The normalized spacial score (nSPS) is 16.0. The SMILES string of the molecule is OC1COc2ccccc2/C=N\n2c(nnc2-c2cccnc2)SCCCCSc2nnc(-c3cccnc3)n2/N=C\c2ccccc2OC1. The second-order valence-electron chi connectivity index (χ2n) is 11.0. The Morgan fingerprint density at radius 3 is 1.54 bits per heavy atom. The van der Waals surface area contributed by atoms with E-state index in [0.717, 1.165) is 46.6 Å². The number of benzene rings is 2. The van der Waals surface area contributed by atoms with E-state index in [1.807, 2.05) is 72.8 Å². The fourth-order valence-corrected chi connectivity index (χ4v) is 6.67. The van der Waals surface area contributed by atoms with E-state index < -0.39 is 6.10 Å². The van der Waals surface area contributed by atoms with Gasteiger partial charge in [0.15, 0.2) is 11.6 Å². The second-order valence-corrected chi connectivity index (χ2v) is 13.1. The Morgan fingerprint density at radius 2 is 1.08 bits per heavy atom. The highest BCUT2D eigenvalue weighted by molar-refractivity contribution is 7.99. The first-order valence-electron chi connectivity index (χ1n) is 15.9. The highest BCUT2D eigenvalue weighted by Gasteiger charge is 2.17. The van der Waals surface area contributed by atoms with Crippen molar-refractivity contribution in [1.82, 2.24) is 39.7 Å². The number of fused-ring (bicyclic) bond motifs is 4. The number of aliphatic hydroxyl groups is 1. The van der Waals surface area contributed by atoms with Crippen LogP contribution in [0.1, 0.15) is 24.0 Å². The van der Waals surface area contributed by atoms with Crippen molar-refractivity contribution in [3.8, 4) is 34.3 Å². The number of pyridine rings is 2. The summed E-state index contributed by atoms with van der Waals surface area (Å²) in [7, 11) is 0. The number of aromatic nitrogens is 8. The lowest BCUT2D eigenvalue weighted by Gasteiger charge is -2.15. The Balaban J connectivity index is 1.19. The van der Waals surface area contributed by atoms with Crippen LogP contribution in [-0.4, -0.2) is 88.1 Å². The van der Waals surface area contributed by atoms with Crippen molar-refractivity contribution in [2.75, 3.05) is 24.7 Å². The molecule has 50 heavy (non-hydrogen) atoms. The summed E-state index contributed by atoms with van der Waals surface area (Å²) in [4.78, 5) is 8.51. The molecule has 0 fully saturated rings. The van der Waals surface area contributed by atoms with E-state index in [2.05, 4.69) is 30.4 Å². The zero-order valence-electron chi connectivity index (χ0n) is 26.8. The molecule has 2 aromatic carbocycles. The Labute approximate surface area is 296 Å². The molecular formula is C35H32N10O3S2. The number of hydrogen-bond donors (Lipinski definition) is 1. The fourth-order valence-electron chi connectivity index (χ4n) is 4.90. The highest BCUT2D eigenvalue weighted by atomic mass is 32.2. The molecule has 0 atom stereocenters. The maximum Gasteiger partial charge on any atom is 0.212 e. The largest absolute Gasteiger partial charge is 0.490 e. The summed E-state index contributed by atoms with van der Waals surface area (Å²) in [5.41, 5.74) is 3.06. The van der Waals surface area contributed by atoms with E-state index >= 15 is 0 Å². The van der Waals surface area contributed by atoms with Crippen LogP contribution in [0.25, 0.3) is 22.8 Å². The maximum absolute atomic E-state index is 10.9. The van der Waals surface area contributed by atoms with Crippen molar-refractivity contribution >= 4 is 36.0 Å². The summed E-state index contributed by atoms with van der Waals surface area (Å²) >= 11 is 3.17. The minimum absolute atomic E-state index is 0.00549. The number of ether oxygens (including phenoxy) is 2. The van der Waals surface area contributed by atoms with Crippen LogP contribution in [0.2, 0.25) is 0 Å². The summed E-state index contributed by atoms with van der Waals surface area (Å²) in [6.07, 6.45) is 11.3. The van der Waals surface area contributed by atoms with E-state index in [4.69, 9.17) is 19.7 Å². The molecule has 0 radical (unpaired) electrons. The van der Waals surface area contributed by atoms with Crippen molar-refractivity contribution < 1.29 is 14.6 Å². The quantitative estimate of drug-likeness (QED) is 0.242. The molecule has 0 saturated carbocycles. The van der Waals surface area contributed by atoms with Crippen molar-refractivity contribution in [1.29, 1.82) is 0 Å². The van der Waals surface area contributed by atoms with Crippen molar-refractivity contribution in [2.45, 2.75) is 29.3 Å². The van der Waals surface area contributed by atoms with Gasteiger partial charge in [-0.05, 0) is 61.4 Å². The minimum Gasteiger partial charge on any atom is -0.490 e. The van der Waals surface area contributed by atoms with Crippen LogP contribution in [-0.2, 0) is 0 Å². The van der Waals surface area contributed by atoms with Gasteiger partial charge in [-0.1, -0.05) is 47.8 Å². The maximum atomic E-state index is 10.9. The zero-order valence-corrected chi connectivity index (χ0v) is 28.4. The van der Waals surface area contributed by atoms with Gasteiger partial charge < -0.3 is 14.6 Å². The highest BCUT2D eigenvalue weighted by Crippen LogP contribution is 2.28. The molecule has 6 aromatic rings. The van der Waals surface area contributed by atoms with Crippen LogP contribution in [0, 0.1) is 0 Å². The van der Waals surface area contributed by atoms with Gasteiger partial charge in [0.05, 0.1) is 12.4 Å². The Morgan fingerprint density at radius 1 is 0.600 bits per heavy atom. The molecule has 13 nitrogen and oxygen atoms in total. The van der Waals surface area contributed by atoms with E-state index in [0.29, 0.717) is 33.5 Å². The summed E-state index contributed by atoms with van der Waals surface area (Å²) in [6, 6.07) is 22.6. The van der Waals surface area contributed by atoms with Gasteiger partial charge in [-0.2, -0.15) is 19.6 Å². The topological polar surface area (TPSA) is 151 Å². The third kappa shape index (κ3) is 8.07. The van der Waals surface area contributed by atoms with Crippen LogP contribution in [0.4, 0.5) is 0 Å². The minimum atomic E-state index is -0.914. The summed E-state index contributed by atoms with van der Waals surface area (Å²) in [5.74, 6) is 3.90. The number of rotatable bonds is 2. The average molecular weight is 705 g/mol. The van der Waals surface area contributed by atoms with Crippen LogP contribution < -0.4 is 9.47 Å². The van der Waals surface area contributed by atoms with Crippen molar-refractivity contribution in [2.24, 2.45) is 10.2 Å². The van der Waals surface area contributed by atoms with E-state index in [1.165, 1.54) is 0 Å². The van der Waals surface area contributed by atoms with Gasteiger partial charge in [-0.3, -0.25) is 9.97 Å². The van der Waals surface area contributed by atoms with Crippen LogP contribution in [0.15, 0.2) is 118 Å². The Hall–Kier alpha value is -5.38. The summed E-state index contributed by atoms with van der Waals surface area (Å²) < 4.78 is 15.6. The first kappa shape index (κ1) is 33.1. The summed E-state index contributed by atoms with van der Waals surface area (Å²) in [5, 5.41) is 39.6. The molecular weight excluding hydrogens is 673 g/mol. The molecule has 0 amide bonds. The van der Waals surface area contributed by atoms with Gasteiger partial charge in [0.2, 0.25) is 10.3 Å². The molecule has 4 aromatic heterocycles. The van der Waals surface area contributed by atoms with E-state index in [9.17, 15) is 5.11 Å². The second kappa shape index (κ2) is 16.3. The molecule has 5 heterocycles. The van der Waals surface area contributed by atoms with Crippen LogP contribution in [0.5, 0.6) is 11.5 Å². The van der Waals surface area contributed by atoms with Gasteiger partial charge in [0, 0.05) is 58.5 Å². The zero-order chi connectivity index (χ0) is 34.0. The first-order valence-corrected chi connectivity index (χ1v) is 17.9. The molecule has 7 rings (SSSR count). The van der Waals surface area contributed by atoms with Gasteiger partial charge in [0.1, 0.15) is 30.8 Å². The first-order chi connectivity index (χ1) is 24.7. The predicted molar refractivity (Wildman–Crippen MR) is 193 cm³/mol. The number of nitrogens with zero attached hydrogens (tertiary/aromatic N) is 10. The van der Waals surface area contributed by atoms with E-state index in [1.54, 1.807) is 70.1 Å². The van der Waals surface area contributed by atoms with Crippen LogP contribution >= 0.6 is 23.5 Å². The van der Waals surface area contributed by atoms with Gasteiger partial charge in [-0.25, -0.2) is 0 Å². The summed E-state index contributed by atoms with van der Waals surface area (Å²) in [6.45, 7) is 0.0110. The molecule has 252 valence electrons. The molecule has 1 aliphatic rings. The molecule has 1 N–H and O–H groups in total. The van der Waals surface area contributed by atoms with Gasteiger partial charge >= 0.3 is 0 Å². The monoisotopic (exact) mass is 704 g/mol. The van der Waals surface area contributed by atoms with E-state index in [-0.39, 0.29) is 13.2 Å². The van der Waals surface area contributed by atoms with Gasteiger partial charge in [-0.15, -0.1) is 20.4 Å². The van der Waals surface area contributed by atoms with Crippen LogP contribution in [0.3, 0.4) is 0 Å². The molecule has 0 spiro atoms. The number of hydrogen-bond acceptors (Lipinski definition) is 13. The smallest absolute Gasteiger partial charge is 0.212 e. The molecule has 0 bridgehead atoms. The lowest BCUT2D eigenvalue weighted by atomic mass is 10.2. The number of aliphatic hydroxyl groups excluding tert-OH is 1. The molecule has 15 heteroatoms.